The van der Waals surface area contributed by atoms with Crippen molar-refractivity contribution in [2.75, 3.05) is 43.9 Å². The molecule has 0 bridgehead atoms. The van der Waals surface area contributed by atoms with E-state index in [0.717, 1.165) is 44.2 Å². The van der Waals surface area contributed by atoms with E-state index < -0.39 is 0 Å². The minimum Gasteiger partial charge on any atom is -0.370 e. The Bertz CT molecular complexity index is 392. The third kappa shape index (κ3) is 4.96. The van der Waals surface area contributed by atoms with Crippen LogP contribution in [0, 0.1) is 0 Å². The topological polar surface area (TPSA) is 53.1 Å². The molecule has 1 rings (SSSR count). The highest BCUT2D eigenvalue weighted by molar-refractivity contribution is 5.58. The van der Waals surface area contributed by atoms with Crippen LogP contribution in [-0.2, 0) is 0 Å². The zero-order valence-corrected chi connectivity index (χ0v) is 13.5. The van der Waals surface area contributed by atoms with Gasteiger partial charge in [0.25, 0.3) is 0 Å². The largest absolute Gasteiger partial charge is 0.370 e. The summed E-state index contributed by atoms with van der Waals surface area (Å²) in [6.07, 6.45) is 2.72. The van der Waals surface area contributed by atoms with E-state index in [2.05, 4.69) is 60.2 Å². The van der Waals surface area contributed by atoms with Gasteiger partial charge in [-0.15, -0.1) is 0 Å². The number of likely N-dealkylation sites (N-methyl/N-ethyl adjacent to an activating group) is 1. The molecule has 5 nitrogen and oxygen atoms in total. The number of hydrogen-bond acceptors (Lipinski definition) is 5. The van der Waals surface area contributed by atoms with Crippen LogP contribution in [0.5, 0.6) is 0 Å². The van der Waals surface area contributed by atoms with Gasteiger partial charge in [-0.3, -0.25) is 0 Å². The summed E-state index contributed by atoms with van der Waals surface area (Å²) >= 11 is 0. The summed E-state index contributed by atoms with van der Waals surface area (Å²) in [5.74, 6) is 2.31. The van der Waals surface area contributed by atoms with Gasteiger partial charge in [0.05, 0.1) is 0 Å². The maximum Gasteiger partial charge on any atom is 0.135 e. The Kier molecular flexibility index (Phi) is 7.30. The summed E-state index contributed by atoms with van der Waals surface area (Å²) in [4.78, 5) is 11.1. The van der Waals surface area contributed by atoms with Gasteiger partial charge >= 0.3 is 0 Å². The minimum absolute atomic E-state index is 0.391. The average Bonchev–Trinajstić information content (AvgIpc) is 2.44. The van der Waals surface area contributed by atoms with Gasteiger partial charge < -0.3 is 15.5 Å². The van der Waals surface area contributed by atoms with Gasteiger partial charge in [-0.05, 0) is 25.9 Å². The molecule has 0 atom stereocenters. The summed E-state index contributed by atoms with van der Waals surface area (Å²) in [6.45, 7) is 12.6. The SMILES string of the molecule is CCCNc1ncnc(NCCN(C)CC)c1C(C)C. The Hall–Kier alpha value is -1.36. The third-order valence-electron chi connectivity index (χ3n) is 3.33. The summed E-state index contributed by atoms with van der Waals surface area (Å²) in [7, 11) is 2.12. The van der Waals surface area contributed by atoms with Gasteiger partial charge in [0, 0.05) is 25.2 Å². The lowest BCUT2D eigenvalue weighted by Crippen LogP contribution is -2.25. The molecule has 0 radical (unpaired) electrons. The summed E-state index contributed by atoms with van der Waals surface area (Å²) in [6, 6.07) is 0. The van der Waals surface area contributed by atoms with Crippen molar-refractivity contribution >= 4 is 11.6 Å². The third-order valence-corrected chi connectivity index (χ3v) is 3.33. The molecule has 5 heteroatoms. The number of hydrogen-bond donors (Lipinski definition) is 2. The molecule has 1 aromatic rings. The van der Waals surface area contributed by atoms with Crippen LogP contribution in [0.3, 0.4) is 0 Å². The fourth-order valence-electron chi connectivity index (χ4n) is 1.99. The van der Waals surface area contributed by atoms with Crippen molar-refractivity contribution in [3.8, 4) is 0 Å². The van der Waals surface area contributed by atoms with Crippen molar-refractivity contribution in [3.63, 3.8) is 0 Å². The molecule has 0 spiro atoms. The van der Waals surface area contributed by atoms with E-state index in [4.69, 9.17) is 0 Å². The zero-order valence-electron chi connectivity index (χ0n) is 13.5. The molecule has 0 fully saturated rings. The van der Waals surface area contributed by atoms with E-state index in [1.165, 1.54) is 5.56 Å². The average molecular weight is 279 g/mol. The Balaban J connectivity index is 2.78. The lowest BCUT2D eigenvalue weighted by atomic mass is 10.0. The van der Waals surface area contributed by atoms with Crippen LogP contribution >= 0.6 is 0 Å². The maximum absolute atomic E-state index is 4.41. The second kappa shape index (κ2) is 8.74. The monoisotopic (exact) mass is 279 g/mol. The van der Waals surface area contributed by atoms with Crippen LogP contribution < -0.4 is 10.6 Å². The van der Waals surface area contributed by atoms with Crippen LogP contribution in [0.25, 0.3) is 0 Å². The highest BCUT2D eigenvalue weighted by Crippen LogP contribution is 2.28. The number of aromatic nitrogens is 2. The maximum atomic E-state index is 4.41. The molecule has 1 aromatic heterocycles. The standard InChI is InChI=1S/C15H29N5/c1-6-8-16-14-13(12(3)4)15(19-11-18-14)17-9-10-20(5)7-2/h11-12H,6-10H2,1-5H3,(H2,16,17,18,19). The number of nitrogens with one attached hydrogen (secondary N) is 2. The quantitative estimate of drug-likeness (QED) is 0.728. The predicted octanol–water partition coefficient (Wildman–Crippen LogP) is 2.79. The first-order valence-corrected chi connectivity index (χ1v) is 7.61. The highest BCUT2D eigenvalue weighted by atomic mass is 15.1. The Morgan fingerprint density at radius 3 is 2.20 bits per heavy atom. The lowest BCUT2D eigenvalue weighted by Gasteiger charge is -2.19. The van der Waals surface area contributed by atoms with E-state index in [-0.39, 0.29) is 0 Å². The van der Waals surface area contributed by atoms with Crippen LogP contribution in [0.2, 0.25) is 0 Å². The summed E-state index contributed by atoms with van der Waals surface area (Å²) in [5.41, 5.74) is 1.18. The first-order valence-electron chi connectivity index (χ1n) is 7.61. The minimum atomic E-state index is 0.391. The molecule has 1 heterocycles. The smallest absolute Gasteiger partial charge is 0.135 e. The van der Waals surface area contributed by atoms with E-state index in [1.807, 2.05) is 0 Å². The lowest BCUT2D eigenvalue weighted by molar-refractivity contribution is 0.367. The number of anilines is 2. The molecule has 0 aliphatic carbocycles. The van der Waals surface area contributed by atoms with Gasteiger partial charge in [-0.25, -0.2) is 9.97 Å². The first kappa shape index (κ1) is 16.7. The molecular formula is C15H29N5. The molecule has 0 saturated heterocycles. The molecule has 0 aromatic carbocycles. The fraction of sp³-hybridized carbons (Fsp3) is 0.733. The molecule has 0 saturated carbocycles. The number of rotatable bonds is 9. The molecule has 20 heavy (non-hydrogen) atoms. The van der Waals surface area contributed by atoms with E-state index >= 15 is 0 Å². The second-order valence-corrected chi connectivity index (χ2v) is 5.39. The van der Waals surface area contributed by atoms with E-state index in [1.54, 1.807) is 6.33 Å². The van der Waals surface area contributed by atoms with Crippen LogP contribution in [0.4, 0.5) is 11.6 Å². The molecule has 114 valence electrons. The number of nitrogens with zero attached hydrogens (tertiary/aromatic N) is 3. The van der Waals surface area contributed by atoms with Gasteiger partial charge in [-0.1, -0.05) is 27.7 Å². The van der Waals surface area contributed by atoms with Gasteiger partial charge in [0.15, 0.2) is 0 Å². The Morgan fingerprint density at radius 2 is 1.70 bits per heavy atom. The molecule has 0 aliphatic heterocycles. The molecule has 0 aliphatic rings. The van der Waals surface area contributed by atoms with Crippen molar-refractivity contribution in [1.29, 1.82) is 0 Å². The van der Waals surface area contributed by atoms with Crippen molar-refractivity contribution in [1.82, 2.24) is 14.9 Å². The fourth-order valence-corrected chi connectivity index (χ4v) is 1.99. The Morgan fingerprint density at radius 1 is 1.10 bits per heavy atom. The van der Waals surface area contributed by atoms with Gasteiger partial charge in [0.1, 0.15) is 18.0 Å². The second-order valence-electron chi connectivity index (χ2n) is 5.39. The highest BCUT2D eigenvalue weighted by Gasteiger charge is 2.14. The summed E-state index contributed by atoms with van der Waals surface area (Å²) in [5, 5.41) is 6.84. The zero-order chi connectivity index (χ0) is 15.0. The van der Waals surface area contributed by atoms with Crippen molar-refractivity contribution in [2.45, 2.75) is 40.0 Å². The van der Waals surface area contributed by atoms with E-state index in [9.17, 15) is 0 Å². The van der Waals surface area contributed by atoms with Crippen molar-refractivity contribution in [3.05, 3.63) is 11.9 Å². The predicted molar refractivity (Wildman–Crippen MR) is 86.6 cm³/mol. The van der Waals surface area contributed by atoms with Crippen molar-refractivity contribution < 1.29 is 0 Å². The molecular weight excluding hydrogens is 250 g/mol. The van der Waals surface area contributed by atoms with Crippen LogP contribution in [0.1, 0.15) is 45.6 Å². The van der Waals surface area contributed by atoms with Gasteiger partial charge in [0.2, 0.25) is 0 Å². The van der Waals surface area contributed by atoms with Crippen molar-refractivity contribution in [2.24, 2.45) is 0 Å². The van der Waals surface area contributed by atoms with Crippen LogP contribution in [0.15, 0.2) is 6.33 Å². The van der Waals surface area contributed by atoms with E-state index in [0.29, 0.717) is 5.92 Å². The Labute approximate surface area is 123 Å². The summed E-state index contributed by atoms with van der Waals surface area (Å²) < 4.78 is 0. The first-order chi connectivity index (χ1) is 9.60. The molecule has 0 unspecified atom stereocenters. The van der Waals surface area contributed by atoms with Gasteiger partial charge in [-0.2, -0.15) is 0 Å². The molecule has 2 N–H and O–H groups in total. The molecule has 0 amide bonds. The van der Waals surface area contributed by atoms with Crippen LogP contribution in [-0.4, -0.2) is 48.1 Å². The normalized spacial score (nSPS) is 11.2.